The molecule has 0 heterocycles. The Hall–Kier alpha value is -2.00. The van der Waals surface area contributed by atoms with Gasteiger partial charge >= 0.3 is 0 Å². The van der Waals surface area contributed by atoms with Gasteiger partial charge in [-0.3, -0.25) is 4.79 Å². The van der Waals surface area contributed by atoms with Crippen LogP contribution in [0.2, 0.25) is 5.02 Å². The van der Waals surface area contributed by atoms with Crippen molar-refractivity contribution in [2.24, 2.45) is 0 Å². The Kier molecular flexibility index (Phi) is 5.23. The highest BCUT2D eigenvalue weighted by Crippen LogP contribution is 2.16. The first-order valence-corrected chi connectivity index (χ1v) is 7.25. The average Bonchev–Trinajstić information content (AvgIpc) is 2.45. The van der Waals surface area contributed by atoms with Crippen molar-refractivity contribution in [2.45, 2.75) is 20.4 Å². The van der Waals surface area contributed by atoms with Crippen LogP contribution in [0.1, 0.15) is 16.7 Å². The van der Waals surface area contributed by atoms with Crippen molar-refractivity contribution in [1.82, 2.24) is 5.32 Å². The van der Waals surface area contributed by atoms with E-state index in [1.807, 2.05) is 50.2 Å². The maximum absolute atomic E-state index is 11.9. The number of hydrogen-bond donors (Lipinski definition) is 2. The number of halogens is 1. The van der Waals surface area contributed by atoms with E-state index < -0.39 is 0 Å². The van der Waals surface area contributed by atoms with Crippen molar-refractivity contribution in [3.05, 3.63) is 64.2 Å². The van der Waals surface area contributed by atoms with Crippen molar-refractivity contribution < 1.29 is 4.79 Å². The van der Waals surface area contributed by atoms with Crippen LogP contribution in [-0.4, -0.2) is 12.5 Å². The van der Waals surface area contributed by atoms with Crippen LogP contribution in [0.15, 0.2) is 42.5 Å². The highest BCUT2D eigenvalue weighted by atomic mass is 35.5. The van der Waals surface area contributed by atoms with E-state index in [0.29, 0.717) is 11.6 Å². The number of hydrogen-bond acceptors (Lipinski definition) is 2. The van der Waals surface area contributed by atoms with Crippen molar-refractivity contribution in [3.8, 4) is 0 Å². The number of amides is 1. The fourth-order valence-electron chi connectivity index (χ4n) is 2.09. The van der Waals surface area contributed by atoms with E-state index in [-0.39, 0.29) is 12.5 Å². The number of anilines is 1. The molecule has 1 amide bonds. The average molecular weight is 303 g/mol. The van der Waals surface area contributed by atoms with Gasteiger partial charge in [-0.15, -0.1) is 0 Å². The molecular weight excluding hydrogens is 284 g/mol. The van der Waals surface area contributed by atoms with Crippen molar-refractivity contribution >= 4 is 23.2 Å². The molecule has 0 aliphatic rings. The van der Waals surface area contributed by atoms with Crippen LogP contribution in [-0.2, 0) is 11.3 Å². The van der Waals surface area contributed by atoms with E-state index in [9.17, 15) is 4.79 Å². The molecule has 0 aliphatic heterocycles. The lowest BCUT2D eigenvalue weighted by Gasteiger charge is -2.11. The Labute approximate surface area is 130 Å². The lowest BCUT2D eigenvalue weighted by molar-refractivity contribution is -0.119. The molecule has 3 nitrogen and oxygen atoms in total. The monoisotopic (exact) mass is 302 g/mol. The standard InChI is InChI=1S/C17H19ClN2O/c1-12-7-8-16(13(2)9-12)19-11-17(21)20-10-14-5-3-4-6-15(14)18/h3-9,19H,10-11H2,1-2H3,(H,20,21). The van der Waals surface area contributed by atoms with Crippen LogP contribution in [0.4, 0.5) is 5.69 Å². The predicted molar refractivity (Wildman–Crippen MR) is 87.7 cm³/mol. The van der Waals surface area contributed by atoms with Crippen LogP contribution < -0.4 is 10.6 Å². The van der Waals surface area contributed by atoms with E-state index in [1.54, 1.807) is 0 Å². The lowest BCUT2D eigenvalue weighted by atomic mass is 10.1. The molecular formula is C17H19ClN2O. The Morgan fingerprint density at radius 3 is 2.62 bits per heavy atom. The molecule has 0 radical (unpaired) electrons. The molecule has 0 aromatic heterocycles. The predicted octanol–water partition coefficient (Wildman–Crippen LogP) is 3.69. The third kappa shape index (κ3) is 4.50. The van der Waals surface area contributed by atoms with Crippen molar-refractivity contribution in [3.63, 3.8) is 0 Å². The number of aryl methyl sites for hydroxylation is 2. The second-order valence-corrected chi connectivity index (χ2v) is 5.45. The molecule has 2 rings (SSSR count). The number of rotatable bonds is 5. The van der Waals surface area contributed by atoms with E-state index in [2.05, 4.69) is 16.7 Å². The number of carbonyl (C=O) groups excluding carboxylic acids is 1. The van der Waals surface area contributed by atoms with Gasteiger partial charge in [0.05, 0.1) is 6.54 Å². The highest BCUT2D eigenvalue weighted by Gasteiger charge is 2.04. The van der Waals surface area contributed by atoms with Gasteiger partial charge in [-0.05, 0) is 37.1 Å². The summed E-state index contributed by atoms with van der Waals surface area (Å²) in [4.78, 5) is 11.9. The van der Waals surface area contributed by atoms with Crippen LogP contribution in [0.25, 0.3) is 0 Å². The van der Waals surface area contributed by atoms with Gasteiger partial charge in [-0.1, -0.05) is 47.5 Å². The summed E-state index contributed by atoms with van der Waals surface area (Å²) in [5.74, 6) is -0.0603. The van der Waals surface area contributed by atoms with Crippen LogP contribution in [0.5, 0.6) is 0 Å². The molecule has 0 fully saturated rings. The quantitative estimate of drug-likeness (QED) is 0.884. The van der Waals surface area contributed by atoms with E-state index >= 15 is 0 Å². The Morgan fingerprint density at radius 2 is 1.90 bits per heavy atom. The minimum Gasteiger partial charge on any atom is -0.376 e. The molecule has 0 bridgehead atoms. The Bertz CT molecular complexity index is 640. The first kappa shape index (κ1) is 15.4. The zero-order valence-corrected chi connectivity index (χ0v) is 13.0. The molecule has 2 N–H and O–H groups in total. The summed E-state index contributed by atoms with van der Waals surface area (Å²) in [5.41, 5.74) is 4.24. The van der Waals surface area contributed by atoms with Gasteiger partial charge < -0.3 is 10.6 Å². The molecule has 0 saturated carbocycles. The summed E-state index contributed by atoms with van der Waals surface area (Å²) in [6.45, 7) is 4.76. The largest absolute Gasteiger partial charge is 0.376 e. The summed E-state index contributed by atoms with van der Waals surface area (Å²) in [6.07, 6.45) is 0. The molecule has 0 unspecified atom stereocenters. The van der Waals surface area contributed by atoms with Gasteiger partial charge in [-0.25, -0.2) is 0 Å². The second kappa shape index (κ2) is 7.14. The molecule has 2 aromatic rings. The third-order valence-electron chi connectivity index (χ3n) is 3.26. The summed E-state index contributed by atoms with van der Waals surface area (Å²) < 4.78 is 0. The maximum atomic E-state index is 11.9. The minimum absolute atomic E-state index is 0.0603. The van der Waals surface area contributed by atoms with Crippen molar-refractivity contribution in [1.29, 1.82) is 0 Å². The fraction of sp³-hybridized carbons (Fsp3) is 0.235. The molecule has 0 spiro atoms. The molecule has 0 aliphatic carbocycles. The topological polar surface area (TPSA) is 41.1 Å². The summed E-state index contributed by atoms with van der Waals surface area (Å²) in [6, 6.07) is 13.6. The summed E-state index contributed by atoms with van der Waals surface area (Å²) in [7, 11) is 0. The summed E-state index contributed by atoms with van der Waals surface area (Å²) in [5, 5.41) is 6.67. The normalized spacial score (nSPS) is 10.2. The Morgan fingerprint density at radius 1 is 1.14 bits per heavy atom. The zero-order valence-electron chi connectivity index (χ0n) is 12.2. The van der Waals surface area contributed by atoms with Crippen LogP contribution >= 0.6 is 11.6 Å². The number of carbonyl (C=O) groups is 1. The molecule has 2 aromatic carbocycles. The van der Waals surface area contributed by atoms with Gasteiger partial charge in [0.2, 0.25) is 5.91 Å². The third-order valence-corrected chi connectivity index (χ3v) is 3.62. The van der Waals surface area contributed by atoms with E-state index in [0.717, 1.165) is 16.8 Å². The maximum Gasteiger partial charge on any atom is 0.239 e. The molecule has 0 saturated heterocycles. The number of nitrogens with one attached hydrogen (secondary N) is 2. The SMILES string of the molecule is Cc1ccc(NCC(=O)NCc2ccccc2Cl)c(C)c1. The van der Waals surface area contributed by atoms with E-state index in [4.69, 9.17) is 11.6 Å². The lowest BCUT2D eigenvalue weighted by Crippen LogP contribution is -2.29. The second-order valence-electron chi connectivity index (χ2n) is 5.04. The van der Waals surface area contributed by atoms with Gasteiger partial charge in [0, 0.05) is 17.3 Å². The van der Waals surface area contributed by atoms with E-state index in [1.165, 1.54) is 5.56 Å². The fourth-order valence-corrected chi connectivity index (χ4v) is 2.29. The van der Waals surface area contributed by atoms with Gasteiger partial charge in [0.1, 0.15) is 0 Å². The first-order chi connectivity index (χ1) is 10.1. The summed E-state index contributed by atoms with van der Waals surface area (Å²) >= 11 is 6.05. The van der Waals surface area contributed by atoms with Crippen molar-refractivity contribution in [2.75, 3.05) is 11.9 Å². The highest BCUT2D eigenvalue weighted by molar-refractivity contribution is 6.31. The zero-order chi connectivity index (χ0) is 15.2. The molecule has 0 atom stereocenters. The molecule has 21 heavy (non-hydrogen) atoms. The van der Waals surface area contributed by atoms with Crippen LogP contribution in [0, 0.1) is 13.8 Å². The first-order valence-electron chi connectivity index (χ1n) is 6.87. The number of benzene rings is 2. The van der Waals surface area contributed by atoms with Crippen LogP contribution in [0.3, 0.4) is 0 Å². The minimum atomic E-state index is -0.0603. The Balaban J connectivity index is 1.84. The molecule has 4 heteroatoms. The smallest absolute Gasteiger partial charge is 0.239 e. The van der Waals surface area contributed by atoms with Gasteiger partial charge in [0.25, 0.3) is 0 Å². The van der Waals surface area contributed by atoms with Gasteiger partial charge in [-0.2, -0.15) is 0 Å². The van der Waals surface area contributed by atoms with Gasteiger partial charge in [0.15, 0.2) is 0 Å². The molecule has 110 valence electrons.